The van der Waals surface area contributed by atoms with Gasteiger partial charge in [0.1, 0.15) is 0 Å². The van der Waals surface area contributed by atoms with Crippen molar-refractivity contribution < 1.29 is 14.3 Å². The smallest absolute Gasteiger partial charge is 0.257 e. The molecule has 0 saturated carbocycles. The SMILES string of the molecule is O=C(CC[C@H]1CCCO1)Nc1ccc(C(=O)Nc2nccs2)cc1. The summed E-state index contributed by atoms with van der Waals surface area (Å²) in [6.45, 7) is 0.802. The molecule has 6 nitrogen and oxygen atoms in total. The van der Waals surface area contributed by atoms with Crippen LogP contribution in [0.1, 0.15) is 36.0 Å². The number of hydrogen-bond donors (Lipinski definition) is 2. The Labute approximate surface area is 144 Å². The van der Waals surface area contributed by atoms with Crippen molar-refractivity contribution in [1.82, 2.24) is 4.98 Å². The normalized spacial score (nSPS) is 16.8. The Morgan fingerprint density at radius 2 is 2.08 bits per heavy atom. The van der Waals surface area contributed by atoms with E-state index in [1.54, 1.807) is 35.8 Å². The molecule has 0 aliphatic carbocycles. The quantitative estimate of drug-likeness (QED) is 0.842. The van der Waals surface area contributed by atoms with Crippen LogP contribution in [0.3, 0.4) is 0 Å². The van der Waals surface area contributed by atoms with Gasteiger partial charge in [-0.3, -0.25) is 14.9 Å². The van der Waals surface area contributed by atoms with Crippen LogP contribution in [0.4, 0.5) is 10.8 Å². The van der Waals surface area contributed by atoms with Crippen LogP contribution >= 0.6 is 11.3 Å². The molecular weight excluding hydrogens is 326 g/mol. The average molecular weight is 345 g/mol. The highest BCUT2D eigenvalue weighted by molar-refractivity contribution is 7.13. The molecule has 3 rings (SSSR count). The van der Waals surface area contributed by atoms with Crippen LogP contribution in [0, 0.1) is 0 Å². The molecule has 1 aliphatic rings. The molecule has 1 saturated heterocycles. The molecule has 0 unspecified atom stereocenters. The zero-order valence-corrected chi connectivity index (χ0v) is 14.0. The van der Waals surface area contributed by atoms with Gasteiger partial charge in [0.05, 0.1) is 6.10 Å². The van der Waals surface area contributed by atoms with E-state index in [2.05, 4.69) is 15.6 Å². The molecule has 2 N–H and O–H groups in total. The molecule has 7 heteroatoms. The first-order valence-corrected chi connectivity index (χ1v) is 8.81. The van der Waals surface area contributed by atoms with Crippen LogP contribution in [0.15, 0.2) is 35.8 Å². The minimum absolute atomic E-state index is 0.0366. The van der Waals surface area contributed by atoms with Crippen molar-refractivity contribution in [3.8, 4) is 0 Å². The molecule has 0 spiro atoms. The molecule has 1 atom stereocenters. The largest absolute Gasteiger partial charge is 0.378 e. The van der Waals surface area contributed by atoms with Crippen molar-refractivity contribution in [2.45, 2.75) is 31.8 Å². The summed E-state index contributed by atoms with van der Waals surface area (Å²) in [6.07, 6.45) is 5.16. The molecule has 24 heavy (non-hydrogen) atoms. The van der Waals surface area contributed by atoms with Gasteiger partial charge in [0.25, 0.3) is 5.91 Å². The average Bonchev–Trinajstić information content (AvgIpc) is 3.27. The number of carbonyl (C=O) groups is 2. The monoisotopic (exact) mass is 345 g/mol. The number of carbonyl (C=O) groups excluding carboxylic acids is 2. The van der Waals surface area contributed by atoms with E-state index < -0.39 is 0 Å². The van der Waals surface area contributed by atoms with Crippen LogP contribution in [0.2, 0.25) is 0 Å². The van der Waals surface area contributed by atoms with Crippen molar-refractivity contribution >= 4 is 34.0 Å². The Hall–Kier alpha value is -2.25. The highest BCUT2D eigenvalue weighted by Crippen LogP contribution is 2.18. The Balaban J connectivity index is 1.48. The summed E-state index contributed by atoms with van der Waals surface area (Å²) in [7, 11) is 0. The summed E-state index contributed by atoms with van der Waals surface area (Å²) in [6, 6.07) is 6.80. The summed E-state index contributed by atoms with van der Waals surface area (Å²) in [5, 5.41) is 7.92. The zero-order chi connectivity index (χ0) is 16.8. The number of nitrogens with one attached hydrogen (secondary N) is 2. The standard InChI is InChI=1S/C17H19N3O3S/c21-15(8-7-14-2-1-10-23-14)19-13-5-3-12(4-6-13)16(22)20-17-18-9-11-24-17/h3-6,9,11,14H,1-2,7-8,10H2,(H,19,21)(H,18,20,22)/t14-/m1/s1. The summed E-state index contributed by atoms with van der Waals surface area (Å²) in [4.78, 5) is 28.0. The van der Waals surface area contributed by atoms with E-state index in [-0.39, 0.29) is 17.9 Å². The second-order valence-electron chi connectivity index (χ2n) is 5.59. The molecule has 2 heterocycles. The summed E-state index contributed by atoms with van der Waals surface area (Å²) >= 11 is 1.36. The van der Waals surface area contributed by atoms with Crippen molar-refractivity contribution in [2.24, 2.45) is 0 Å². The van der Waals surface area contributed by atoms with E-state index >= 15 is 0 Å². The third-order valence-corrected chi connectivity index (χ3v) is 4.49. The Morgan fingerprint density at radius 1 is 1.25 bits per heavy atom. The third-order valence-electron chi connectivity index (χ3n) is 3.80. The molecule has 1 fully saturated rings. The number of nitrogens with zero attached hydrogens (tertiary/aromatic N) is 1. The lowest BCUT2D eigenvalue weighted by atomic mass is 10.1. The van der Waals surface area contributed by atoms with Crippen LogP contribution in [-0.4, -0.2) is 29.5 Å². The first-order chi connectivity index (χ1) is 11.7. The minimum atomic E-state index is -0.221. The maximum Gasteiger partial charge on any atom is 0.257 e. The topological polar surface area (TPSA) is 80.3 Å². The lowest BCUT2D eigenvalue weighted by molar-refractivity contribution is -0.116. The van der Waals surface area contributed by atoms with E-state index in [1.165, 1.54) is 11.3 Å². The van der Waals surface area contributed by atoms with Crippen LogP contribution < -0.4 is 10.6 Å². The van der Waals surface area contributed by atoms with Crippen molar-refractivity contribution in [3.05, 3.63) is 41.4 Å². The Morgan fingerprint density at radius 3 is 2.75 bits per heavy atom. The van der Waals surface area contributed by atoms with Gasteiger partial charge in [-0.05, 0) is 43.5 Å². The maximum atomic E-state index is 12.0. The highest BCUT2D eigenvalue weighted by atomic mass is 32.1. The van der Waals surface area contributed by atoms with Gasteiger partial charge in [-0.25, -0.2) is 4.98 Å². The number of benzene rings is 1. The predicted octanol–water partition coefficient (Wildman–Crippen LogP) is 3.29. The molecule has 2 aromatic rings. The van der Waals surface area contributed by atoms with E-state index in [9.17, 15) is 9.59 Å². The van der Waals surface area contributed by atoms with Gasteiger partial charge >= 0.3 is 0 Å². The number of rotatable bonds is 6. The van der Waals surface area contributed by atoms with Gasteiger partial charge < -0.3 is 10.1 Å². The number of ether oxygens (including phenoxy) is 1. The maximum absolute atomic E-state index is 12.0. The van der Waals surface area contributed by atoms with Gasteiger partial charge in [0.2, 0.25) is 5.91 Å². The van der Waals surface area contributed by atoms with Crippen LogP contribution in [-0.2, 0) is 9.53 Å². The van der Waals surface area contributed by atoms with Crippen molar-refractivity contribution in [1.29, 1.82) is 0 Å². The van der Waals surface area contributed by atoms with Crippen LogP contribution in [0.5, 0.6) is 0 Å². The van der Waals surface area contributed by atoms with Gasteiger partial charge in [0, 0.05) is 35.9 Å². The molecule has 0 bridgehead atoms. The molecule has 126 valence electrons. The summed E-state index contributed by atoms with van der Waals surface area (Å²) < 4.78 is 5.51. The first kappa shape index (κ1) is 16.6. The van der Waals surface area contributed by atoms with Crippen LogP contribution in [0.25, 0.3) is 0 Å². The van der Waals surface area contributed by atoms with Gasteiger partial charge in [-0.1, -0.05) is 0 Å². The van der Waals surface area contributed by atoms with E-state index in [0.717, 1.165) is 25.9 Å². The number of hydrogen-bond acceptors (Lipinski definition) is 5. The Bertz CT molecular complexity index is 680. The minimum Gasteiger partial charge on any atom is -0.378 e. The fourth-order valence-electron chi connectivity index (χ4n) is 2.55. The van der Waals surface area contributed by atoms with Gasteiger partial charge in [0.15, 0.2) is 5.13 Å². The Kier molecular flexibility index (Phi) is 5.55. The van der Waals surface area contributed by atoms with Crippen molar-refractivity contribution in [3.63, 3.8) is 0 Å². The second kappa shape index (κ2) is 8.03. The molecule has 2 amide bonds. The molecular formula is C17H19N3O3S. The predicted molar refractivity (Wildman–Crippen MR) is 93.3 cm³/mol. The first-order valence-electron chi connectivity index (χ1n) is 7.93. The molecule has 1 aliphatic heterocycles. The summed E-state index contributed by atoms with van der Waals surface area (Å²) in [5.41, 5.74) is 1.20. The van der Waals surface area contributed by atoms with Gasteiger partial charge in [-0.15, -0.1) is 11.3 Å². The molecule has 1 aromatic heterocycles. The van der Waals surface area contributed by atoms with E-state index in [4.69, 9.17) is 4.74 Å². The number of amides is 2. The molecule has 1 aromatic carbocycles. The lowest BCUT2D eigenvalue weighted by Gasteiger charge is -2.09. The number of aromatic nitrogens is 1. The van der Waals surface area contributed by atoms with Gasteiger partial charge in [-0.2, -0.15) is 0 Å². The lowest BCUT2D eigenvalue weighted by Crippen LogP contribution is -2.15. The zero-order valence-electron chi connectivity index (χ0n) is 13.2. The molecule has 0 radical (unpaired) electrons. The fourth-order valence-corrected chi connectivity index (χ4v) is 3.07. The van der Waals surface area contributed by atoms with E-state index in [1.807, 2.05) is 0 Å². The number of anilines is 2. The summed E-state index contributed by atoms with van der Waals surface area (Å²) in [5.74, 6) is -0.258. The third kappa shape index (κ3) is 4.62. The fraction of sp³-hybridized carbons (Fsp3) is 0.353. The highest BCUT2D eigenvalue weighted by Gasteiger charge is 2.16. The van der Waals surface area contributed by atoms with Crippen molar-refractivity contribution in [2.75, 3.05) is 17.2 Å². The second-order valence-corrected chi connectivity index (χ2v) is 6.49. The van der Waals surface area contributed by atoms with E-state index in [0.29, 0.717) is 22.8 Å². The number of thiazole rings is 1.